The smallest absolute Gasteiger partial charge is 0.342 e. The van der Waals surface area contributed by atoms with E-state index in [1.807, 2.05) is 0 Å². The van der Waals surface area contributed by atoms with Crippen LogP contribution >= 0.6 is 0 Å². The topological polar surface area (TPSA) is 85.6 Å². The number of sulfonamides is 1. The van der Waals surface area contributed by atoms with E-state index in [4.69, 9.17) is 9.15 Å². The Hall–Kier alpha value is -2.87. The van der Waals surface area contributed by atoms with Crippen molar-refractivity contribution < 1.29 is 26.8 Å². The lowest BCUT2D eigenvalue weighted by Crippen LogP contribution is -2.13. The van der Waals surface area contributed by atoms with E-state index in [9.17, 15) is 17.6 Å². The summed E-state index contributed by atoms with van der Waals surface area (Å²) in [6.45, 7) is 4.03. The largest absolute Gasteiger partial charge is 0.462 e. The van der Waals surface area contributed by atoms with Crippen LogP contribution in [-0.4, -0.2) is 21.0 Å². The Morgan fingerprint density at radius 1 is 1.14 bits per heavy atom. The lowest BCUT2D eigenvalue weighted by atomic mass is 10.1. The van der Waals surface area contributed by atoms with Crippen LogP contribution in [0.4, 0.5) is 10.1 Å². The van der Waals surface area contributed by atoms with Gasteiger partial charge in [-0.15, -0.1) is 0 Å². The number of hydrogen-bond acceptors (Lipinski definition) is 5. The second-order valence-electron chi connectivity index (χ2n) is 6.65. The van der Waals surface area contributed by atoms with Gasteiger partial charge in [0.15, 0.2) is 0 Å². The van der Waals surface area contributed by atoms with Gasteiger partial charge in [-0.1, -0.05) is 19.8 Å². The van der Waals surface area contributed by atoms with Crippen LogP contribution < -0.4 is 4.72 Å². The second-order valence-corrected chi connectivity index (χ2v) is 8.33. The molecule has 0 aliphatic carbocycles. The standard InChI is InChI=1S/C21H22FNO5S/c1-3-4-5-12-27-21(24)20-14(2)28-19-11-8-16(13-18(19)20)23-29(25,26)17-9-6-15(22)7-10-17/h6-11,13,23H,3-5,12H2,1-2H3. The van der Waals surface area contributed by atoms with Gasteiger partial charge in [0.1, 0.15) is 22.7 Å². The number of furan rings is 1. The summed E-state index contributed by atoms with van der Waals surface area (Å²) >= 11 is 0. The summed E-state index contributed by atoms with van der Waals surface area (Å²) in [6, 6.07) is 9.14. The first-order chi connectivity index (χ1) is 13.8. The van der Waals surface area contributed by atoms with E-state index in [2.05, 4.69) is 11.6 Å². The highest BCUT2D eigenvalue weighted by atomic mass is 32.2. The molecule has 0 amide bonds. The molecule has 6 nitrogen and oxygen atoms in total. The lowest BCUT2D eigenvalue weighted by molar-refractivity contribution is 0.0498. The van der Waals surface area contributed by atoms with Crippen LogP contribution in [0.25, 0.3) is 11.0 Å². The molecule has 3 rings (SSSR count). The molecule has 1 aromatic heterocycles. The van der Waals surface area contributed by atoms with Gasteiger partial charge in [0.25, 0.3) is 10.0 Å². The number of halogens is 1. The van der Waals surface area contributed by atoms with E-state index in [1.54, 1.807) is 13.0 Å². The predicted molar refractivity (Wildman–Crippen MR) is 108 cm³/mol. The molecule has 0 saturated carbocycles. The van der Waals surface area contributed by atoms with Crippen LogP contribution in [0.5, 0.6) is 0 Å². The van der Waals surface area contributed by atoms with Gasteiger partial charge in [0, 0.05) is 11.1 Å². The second kappa shape index (κ2) is 8.65. The Morgan fingerprint density at radius 3 is 2.55 bits per heavy atom. The van der Waals surface area contributed by atoms with Gasteiger partial charge < -0.3 is 9.15 Å². The van der Waals surface area contributed by atoms with E-state index in [-0.39, 0.29) is 16.1 Å². The number of aryl methyl sites for hydroxylation is 1. The summed E-state index contributed by atoms with van der Waals surface area (Å²) in [7, 11) is -3.91. The molecular weight excluding hydrogens is 397 g/mol. The number of carbonyl (C=O) groups is 1. The van der Waals surface area contributed by atoms with Crippen LogP contribution in [0.3, 0.4) is 0 Å². The SMILES string of the molecule is CCCCCOC(=O)c1c(C)oc2ccc(NS(=O)(=O)c3ccc(F)cc3)cc12. The number of rotatable bonds is 8. The van der Waals surface area contributed by atoms with Gasteiger partial charge in [-0.25, -0.2) is 17.6 Å². The fraction of sp³-hybridized carbons (Fsp3) is 0.286. The summed E-state index contributed by atoms with van der Waals surface area (Å²) in [6.07, 6.45) is 2.76. The van der Waals surface area contributed by atoms with E-state index in [1.165, 1.54) is 24.3 Å². The number of carbonyl (C=O) groups excluding carboxylic acids is 1. The van der Waals surface area contributed by atoms with Gasteiger partial charge in [0.05, 0.1) is 11.5 Å². The normalized spacial score (nSPS) is 11.6. The Labute approximate surface area is 168 Å². The van der Waals surface area contributed by atoms with Crippen LogP contribution in [0.2, 0.25) is 0 Å². The molecule has 1 heterocycles. The van der Waals surface area contributed by atoms with Gasteiger partial charge in [-0.2, -0.15) is 0 Å². The zero-order valence-electron chi connectivity index (χ0n) is 16.2. The molecule has 0 unspecified atom stereocenters. The first kappa shape index (κ1) is 20.9. The molecule has 3 aromatic rings. The summed E-state index contributed by atoms with van der Waals surface area (Å²) in [5.41, 5.74) is 0.981. The van der Waals surface area contributed by atoms with E-state index in [0.29, 0.717) is 23.3 Å². The molecule has 8 heteroatoms. The molecule has 29 heavy (non-hydrogen) atoms. The number of nitrogens with one attached hydrogen (secondary N) is 1. The molecule has 0 atom stereocenters. The number of esters is 1. The van der Waals surface area contributed by atoms with Gasteiger partial charge in [-0.05, 0) is 55.8 Å². The van der Waals surface area contributed by atoms with Crippen molar-refractivity contribution in [2.75, 3.05) is 11.3 Å². The molecule has 2 aromatic carbocycles. The minimum atomic E-state index is -3.91. The summed E-state index contributed by atoms with van der Waals surface area (Å²) in [4.78, 5) is 12.4. The highest BCUT2D eigenvalue weighted by Crippen LogP contribution is 2.30. The molecule has 0 saturated heterocycles. The maximum atomic E-state index is 13.1. The fourth-order valence-electron chi connectivity index (χ4n) is 2.95. The average molecular weight is 419 g/mol. The molecule has 0 bridgehead atoms. The number of fused-ring (bicyclic) bond motifs is 1. The third kappa shape index (κ3) is 4.76. The Morgan fingerprint density at radius 2 is 1.86 bits per heavy atom. The number of benzene rings is 2. The Kier molecular flexibility index (Phi) is 6.22. The highest BCUT2D eigenvalue weighted by Gasteiger charge is 2.21. The van der Waals surface area contributed by atoms with E-state index < -0.39 is 21.8 Å². The van der Waals surface area contributed by atoms with Crippen molar-refractivity contribution >= 4 is 32.6 Å². The van der Waals surface area contributed by atoms with Gasteiger partial charge >= 0.3 is 5.97 Å². The average Bonchev–Trinajstić information content (AvgIpc) is 3.00. The zero-order chi connectivity index (χ0) is 21.0. The molecule has 0 spiro atoms. The Bertz CT molecular complexity index is 1120. The molecule has 0 fully saturated rings. The first-order valence-corrected chi connectivity index (χ1v) is 10.8. The van der Waals surface area contributed by atoms with E-state index in [0.717, 1.165) is 31.4 Å². The van der Waals surface area contributed by atoms with Crippen LogP contribution in [0.15, 0.2) is 51.8 Å². The highest BCUT2D eigenvalue weighted by molar-refractivity contribution is 7.92. The van der Waals surface area contributed by atoms with E-state index >= 15 is 0 Å². The van der Waals surface area contributed by atoms with Crippen LogP contribution in [0, 0.1) is 12.7 Å². The van der Waals surface area contributed by atoms with Crippen LogP contribution in [0.1, 0.15) is 42.3 Å². The number of unbranched alkanes of at least 4 members (excludes halogenated alkanes) is 2. The summed E-state index contributed by atoms with van der Waals surface area (Å²) in [5.74, 6) is -0.628. The summed E-state index contributed by atoms with van der Waals surface area (Å²) in [5, 5.41) is 0.460. The molecule has 0 radical (unpaired) electrons. The molecule has 0 aliphatic rings. The van der Waals surface area contributed by atoms with Crippen LogP contribution in [-0.2, 0) is 14.8 Å². The number of anilines is 1. The molecule has 0 aliphatic heterocycles. The first-order valence-electron chi connectivity index (χ1n) is 9.30. The quantitative estimate of drug-likeness (QED) is 0.409. The van der Waals surface area contributed by atoms with Crippen molar-refractivity contribution in [1.29, 1.82) is 0 Å². The van der Waals surface area contributed by atoms with Crippen molar-refractivity contribution in [2.24, 2.45) is 0 Å². The lowest BCUT2D eigenvalue weighted by Gasteiger charge is -2.08. The minimum absolute atomic E-state index is 0.0714. The maximum absolute atomic E-state index is 13.1. The van der Waals surface area contributed by atoms with Gasteiger partial charge in [0.2, 0.25) is 0 Å². The third-order valence-corrected chi connectivity index (χ3v) is 5.82. The predicted octanol–water partition coefficient (Wildman–Crippen LogP) is 5.03. The van der Waals surface area contributed by atoms with Gasteiger partial charge in [-0.3, -0.25) is 4.72 Å². The van der Waals surface area contributed by atoms with Crippen molar-refractivity contribution in [3.8, 4) is 0 Å². The number of hydrogen-bond donors (Lipinski definition) is 1. The number of ether oxygens (including phenoxy) is 1. The molecular formula is C21H22FNO5S. The maximum Gasteiger partial charge on any atom is 0.342 e. The minimum Gasteiger partial charge on any atom is -0.462 e. The van der Waals surface area contributed by atoms with Crippen molar-refractivity contribution in [2.45, 2.75) is 38.0 Å². The third-order valence-electron chi connectivity index (χ3n) is 4.43. The summed E-state index contributed by atoms with van der Waals surface area (Å²) < 4.78 is 51.5. The van der Waals surface area contributed by atoms with Crippen molar-refractivity contribution in [3.63, 3.8) is 0 Å². The monoisotopic (exact) mass is 419 g/mol. The molecule has 154 valence electrons. The fourth-order valence-corrected chi connectivity index (χ4v) is 4.00. The van der Waals surface area contributed by atoms with Crippen molar-refractivity contribution in [1.82, 2.24) is 0 Å². The molecule has 1 N–H and O–H groups in total. The zero-order valence-corrected chi connectivity index (χ0v) is 17.0. The van der Waals surface area contributed by atoms with Crippen molar-refractivity contribution in [3.05, 3.63) is 59.6 Å². The Balaban J connectivity index is 1.87.